The average molecular weight is 285 g/mol. The Bertz CT molecular complexity index is 532. The number of hydrogen-bond acceptors (Lipinski definition) is 7. The normalized spacial score (nSPS) is 9.85. The number of nitro benzene ring substituents is 2. The Morgan fingerprint density at radius 2 is 2.00 bits per heavy atom. The van der Waals surface area contributed by atoms with Crippen LogP contribution in [0.5, 0.6) is 5.75 Å². The van der Waals surface area contributed by atoms with Gasteiger partial charge in [-0.2, -0.15) is 0 Å². The SMILES string of the molecule is CCONC(=O)COc1ccc([N+](=O)[O-])cc1[N+](=O)[O-]. The van der Waals surface area contributed by atoms with Crippen molar-refractivity contribution in [3.8, 4) is 5.75 Å². The molecular formula is C10H11N3O7. The summed E-state index contributed by atoms with van der Waals surface area (Å²) in [6, 6.07) is 2.86. The molecule has 1 rings (SSSR count). The lowest BCUT2D eigenvalue weighted by atomic mass is 10.2. The Balaban J connectivity index is 2.81. The highest BCUT2D eigenvalue weighted by atomic mass is 16.7. The van der Waals surface area contributed by atoms with Crippen LogP contribution in [-0.2, 0) is 9.63 Å². The molecule has 0 unspecified atom stereocenters. The van der Waals surface area contributed by atoms with Gasteiger partial charge in [-0.05, 0) is 13.0 Å². The van der Waals surface area contributed by atoms with E-state index < -0.39 is 33.7 Å². The maximum Gasteiger partial charge on any atom is 0.317 e. The number of nitro groups is 2. The summed E-state index contributed by atoms with van der Waals surface area (Å²) in [7, 11) is 0. The Morgan fingerprint density at radius 1 is 1.30 bits per heavy atom. The van der Waals surface area contributed by atoms with Crippen molar-refractivity contribution in [3.05, 3.63) is 38.4 Å². The molecule has 0 saturated heterocycles. The molecule has 0 aliphatic heterocycles. The molecule has 20 heavy (non-hydrogen) atoms. The van der Waals surface area contributed by atoms with Crippen LogP contribution in [0, 0.1) is 20.2 Å². The molecule has 1 N–H and O–H groups in total. The third-order valence-corrected chi connectivity index (χ3v) is 2.04. The van der Waals surface area contributed by atoms with E-state index in [1.807, 2.05) is 5.48 Å². The summed E-state index contributed by atoms with van der Waals surface area (Å²) in [5.41, 5.74) is 1.00. The van der Waals surface area contributed by atoms with Crippen molar-refractivity contribution < 1.29 is 24.2 Å². The van der Waals surface area contributed by atoms with Gasteiger partial charge in [0.15, 0.2) is 12.4 Å². The van der Waals surface area contributed by atoms with E-state index in [0.717, 1.165) is 18.2 Å². The summed E-state index contributed by atoms with van der Waals surface area (Å²) >= 11 is 0. The summed E-state index contributed by atoms with van der Waals surface area (Å²) in [5.74, 6) is -0.883. The Morgan fingerprint density at radius 3 is 2.55 bits per heavy atom. The highest BCUT2D eigenvalue weighted by Crippen LogP contribution is 2.30. The van der Waals surface area contributed by atoms with Gasteiger partial charge in [0.1, 0.15) is 0 Å². The van der Waals surface area contributed by atoms with Crippen LogP contribution in [0.2, 0.25) is 0 Å². The smallest absolute Gasteiger partial charge is 0.317 e. The van der Waals surface area contributed by atoms with Crippen molar-refractivity contribution in [2.24, 2.45) is 0 Å². The lowest BCUT2D eigenvalue weighted by Crippen LogP contribution is -2.29. The van der Waals surface area contributed by atoms with Crippen LogP contribution in [0.25, 0.3) is 0 Å². The first-order valence-corrected chi connectivity index (χ1v) is 5.42. The largest absolute Gasteiger partial charge is 0.477 e. The number of nitrogens with one attached hydrogen (secondary N) is 1. The van der Waals surface area contributed by atoms with E-state index in [-0.39, 0.29) is 12.4 Å². The Hall–Kier alpha value is -2.75. The molecule has 0 spiro atoms. The maximum atomic E-state index is 11.2. The molecule has 10 nitrogen and oxygen atoms in total. The molecule has 0 heterocycles. The van der Waals surface area contributed by atoms with E-state index in [2.05, 4.69) is 4.84 Å². The fourth-order valence-corrected chi connectivity index (χ4v) is 1.21. The van der Waals surface area contributed by atoms with Gasteiger partial charge < -0.3 is 4.74 Å². The Labute approximate surface area is 112 Å². The molecule has 0 bridgehead atoms. The summed E-state index contributed by atoms with van der Waals surface area (Å²) in [5, 5.41) is 21.3. The fraction of sp³-hybridized carbons (Fsp3) is 0.300. The van der Waals surface area contributed by atoms with Crippen molar-refractivity contribution in [1.29, 1.82) is 0 Å². The Kier molecular flexibility index (Phi) is 5.35. The zero-order valence-corrected chi connectivity index (χ0v) is 10.4. The maximum absolute atomic E-state index is 11.2. The van der Waals surface area contributed by atoms with Gasteiger partial charge >= 0.3 is 5.69 Å². The highest BCUT2D eigenvalue weighted by Gasteiger charge is 2.21. The molecule has 108 valence electrons. The molecule has 0 aliphatic rings. The van der Waals surface area contributed by atoms with Crippen LogP contribution in [0.1, 0.15) is 6.92 Å². The number of non-ortho nitro benzene ring substituents is 1. The monoisotopic (exact) mass is 285 g/mol. The number of benzene rings is 1. The van der Waals surface area contributed by atoms with Gasteiger partial charge in [0.25, 0.3) is 11.6 Å². The van der Waals surface area contributed by atoms with Crippen molar-refractivity contribution in [3.63, 3.8) is 0 Å². The van der Waals surface area contributed by atoms with Crippen LogP contribution in [0.3, 0.4) is 0 Å². The predicted octanol–water partition coefficient (Wildman–Crippen LogP) is 0.949. The minimum atomic E-state index is -0.831. The van der Waals surface area contributed by atoms with E-state index in [4.69, 9.17) is 4.74 Å². The predicted molar refractivity (Wildman–Crippen MR) is 65.0 cm³/mol. The van der Waals surface area contributed by atoms with Gasteiger partial charge in [-0.3, -0.25) is 29.9 Å². The number of nitrogens with zero attached hydrogens (tertiary/aromatic N) is 2. The third kappa shape index (κ3) is 4.17. The standard InChI is InChI=1S/C10H11N3O7/c1-2-20-11-10(14)6-19-9-4-3-7(12(15)16)5-8(9)13(17)18/h3-5H,2,6H2,1H3,(H,11,14). The number of carbonyl (C=O) groups is 1. The van der Waals surface area contributed by atoms with Crippen molar-refractivity contribution in [2.75, 3.05) is 13.2 Å². The van der Waals surface area contributed by atoms with E-state index in [1.165, 1.54) is 0 Å². The van der Waals surface area contributed by atoms with Gasteiger partial charge in [0.05, 0.1) is 22.5 Å². The summed E-state index contributed by atoms with van der Waals surface area (Å²) in [6.45, 7) is 1.39. The topological polar surface area (TPSA) is 134 Å². The van der Waals surface area contributed by atoms with Crippen LogP contribution in [0.4, 0.5) is 11.4 Å². The first-order chi connectivity index (χ1) is 9.45. The lowest BCUT2D eigenvalue weighted by Gasteiger charge is -2.07. The molecule has 0 radical (unpaired) electrons. The second-order valence-corrected chi connectivity index (χ2v) is 3.41. The van der Waals surface area contributed by atoms with Crippen LogP contribution in [-0.4, -0.2) is 29.0 Å². The van der Waals surface area contributed by atoms with Crippen LogP contribution in [0.15, 0.2) is 18.2 Å². The zero-order valence-electron chi connectivity index (χ0n) is 10.4. The van der Waals surface area contributed by atoms with E-state index in [1.54, 1.807) is 6.92 Å². The van der Waals surface area contributed by atoms with Gasteiger partial charge in [-0.1, -0.05) is 0 Å². The highest BCUT2D eigenvalue weighted by molar-refractivity contribution is 5.76. The lowest BCUT2D eigenvalue weighted by molar-refractivity contribution is -0.394. The van der Waals surface area contributed by atoms with Gasteiger partial charge in [0, 0.05) is 6.07 Å². The first-order valence-electron chi connectivity index (χ1n) is 5.42. The van der Waals surface area contributed by atoms with Gasteiger partial charge in [-0.25, -0.2) is 5.48 Å². The van der Waals surface area contributed by atoms with E-state index in [9.17, 15) is 25.0 Å². The number of amides is 1. The van der Waals surface area contributed by atoms with Crippen molar-refractivity contribution >= 4 is 17.3 Å². The number of carbonyl (C=O) groups excluding carboxylic acids is 1. The van der Waals surface area contributed by atoms with Gasteiger partial charge in [-0.15, -0.1) is 0 Å². The van der Waals surface area contributed by atoms with Crippen LogP contribution < -0.4 is 10.2 Å². The fourth-order valence-electron chi connectivity index (χ4n) is 1.21. The quantitative estimate of drug-likeness (QED) is 0.582. The molecule has 0 saturated carbocycles. The minimum Gasteiger partial charge on any atom is -0.477 e. The molecule has 0 aliphatic carbocycles. The molecule has 1 aromatic carbocycles. The number of ether oxygens (including phenoxy) is 1. The number of rotatable bonds is 7. The number of hydroxylamine groups is 1. The zero-order chi connectivity index (χ0) is 15.1. The van der Waals surface area contributed by atoms with Crippen LogP contribution >= 0.6 is 0 Å². The second-order valence-electron chi connectivity index (χ2n) is 3.41. The molecule has 1 aromatic rings. The van der Waals surface area contributed by atoms with Gasteiger partial charge in [0.2, 0.25) is 0 Å². The summed E-state index contributed by atoms with van der Waals surface area (Å²) in [6.07, 6.45) is 0. The molecule has 0 atom stereocenters. The summed E-state index contributed by atoms with van der Waals surface area (Å²) < 4.78 is 4.94. The van der Waals surface area contributed by atoms with E-state index >= 15 is 0 Å². The molecule has 10 heteroatoms. The first kappa shape index (κ1) is 15.3. The molecular weight excluding hydrogens is 274 g/mol. The minimum absolute atomic E-state index is 0.243. The van der Waals surface area contributed by atoms with E-state index in [0.29, 0.717) is 0 Å². The average Bonchev–Trinajstić information content (AvgIpc) is 2.42. The summed E-state index contributed by atoms with van der Waals surface area (Å²) in [4.78, 5) is 35.5. The molecule has 0 fully saturated rings. The molecule has 0 aromatic heterocycles. The van der Waals surface area contributed by atoms with Crippen molar-refractivity contribution in [1.82, 2.24) is 5.48 Å². The number of hydrogen-bond donors (Lipinski definition) is 1. The second kappa shape index (κ2) is 6.99. The molecule has 1 amide bonds. The van der Waals surface area contributed by atoms with Crippen molar-refractivity contribution in [2.45, 2.75) is 6.92 Å². The third-order valence-electron chi connectivity index (χ3n) is 2.04.